The highest BCUT2D eigenvalue weighted by Gasteiger charge is 2.35. The van der Waals surface area contributed by atoms with Gasteiger partial charge in [0.2, 0.25) is 11.8 Å². The zero-order valence-corrected chi connectivity index (χ0v) is 27.0. The van der Waals surface area contributed by atoms with Gasteiger partial charge in [-0.1, -0.05) is 84.4 Å². The van der Waals surface area contributed by atoms with Gasteiger partial charge in [-0.05, 0) is 80.3 Å². The number of halogens is 1. The lowest BCUT2D eigenvalue weighted by Gasteiger charge is -2.34. The van der Waals surface area contributed by atoms with Crippen molar-refractivity contribution in [2.75, 3.05) is 10.8 Å². The Morgan fingerprint density at radius 2 is 1.39 bits per heavy atom. The van der Waals surface area contributed by atoms with Crippen LogP contribution < -0.4 is 9.62 Å². The van der Waals surface area contributed by atoms with Gasteiger partial charge >= 0.3 is 0 Å². The number of anilines is 1. The maximum atomic E-state index is 14.5. The Morgan fingerprint density at radius 3 is 2.00 bits per heavy atom. The molecule has 1 unspecified atom stereocenters. The summed E-state index contributed by atoms with van der Waals surface area (Å²) in [5.74, 6) is -0.817. The minimum absolute atomic E-state index is 0.00166. The summed E-state index contributed by atoms with van der Waals surface area (Å²) in [4.78, 5) is 29.8. The van der Waals surface area contributed by atoms with Gasteiger partial charge in [0, 0.05) is 24.0 Å². The smallest absolute Gasteiger partial charge is 0.264 e. The average Bonchev–Trinajstić information content (AvgIpc) is 2.99. The average molecular weight is 632 g/mol. The van der Waals surface area contributed by atoms with E-state index in [4.69, 9.17) is 11.6 Å². The monoisotopic (exact) mass is 631 g/mol. The lowest BCUT2D eigenvalue weighted by molar-refractivity contribution is -0.140. The Hall–Kier alpha value is -4.14. The summed E-state index contributed by atoms with van der Waals surface area (Å²) in [5.41, 5.74) is 3.75. The summed E-state index contributed by atoms with van der Waals surface area (Å²) in [6.45, 7) is 7.08. The molecule has 4 rings (SSSR count). The third-order valence-electron chi connectivity index (χ3n) is 7.37. The van der Waals surface area contributed by atoms with Crippen LogP contribution in [-0.2, 0) is 32.6 Å². The standard InChI is InChI=1S/C35H38ClN3O4S/c1-25(2)37-35(41)33(22-28-14-6-5-7-15-28)38(23-29-16-10-8-12-26(29)3)34(40)24-39(32-17-11-9-13-27(32)4)44(42,43)31-20-18-30(36)19-21-31/h5-21,25,33H,22-24H2,1-4H3,(H,37,41). The van der Waals surface area contributed by atoms with E-state index in [-0.39, 0.29) is 29.8 Å². The van der Waals surface area contributed by atoms with Crippen LogP contribution in [-0.4, -0.2) is 43.8 Å². The molecule has 4 aromatic rings. The highest BCUT2D eigenvalue weighted by Crippen LogP contribution is 2.28. The fourth-order valence-electron chi connectivity index (χ4n) is 5.00. The zero-order chi connectivity index (χ0) is 31.9. The number of sulfonamides is 1. The van der Waals surface area contributed by atoms with Crippen LogP contribution in [0, 0.1) is 13.8 Å². The molecule has 0 aliphatic heterocycles. The van der Waals surface area contributed by atoms with E-state index in [0.29, 0.717) is 16.3 Å². The van der Waals surface area contributed by atoms with Crippen LogP contribution in [0.2, 0.25) is 5.02 Å². The van der Waals surface area contributed by atoms with Gasteiger partial charge < -0.3 is 10.2 Å². The van der Waals surface area contributed by atoms with E-state index >= 15 is 0 Å². The summed E-state index contributed by atoms with van der Waals surface area (Å²) in [6.07, 6.45) is 0.255. The Bertz CT molecular complexity index is 1690. The van der Waals surface area contributed by atoms with Gasteiger partial charge in [-0.25, -0.2) is 8.42 Å². The molecule has 0 saturated carbocycles. The summed E-state index contributed by atoms with van der Waals surface area (Å²) >= 11 is 6.06. The van der Waals surface area contributed by atoms with Crippen LogP contribution in [0.1, 0.15) is 36.1 Å². The Balaban J connectivity index is 1.82. The normalized spacial score (nSPS) is 12.0. The minimum atomic E-state index is -4.20. The van der Waals surface area contributed by atoms with Crippen LogP contribution in [0.25, 0.3) is 0 Å². The predicted molar refractivity (Wildman–Crippen MR) is 176 cm³/mol. The number of hydrogen-bond donors (Lipinski definition) is 1. The van der Waals surface area contributed by atoms with E-state index in [1.54, 1.807) is 25.1 Å². The van der Waals surface area contributed by atoms with Crippen LogP contribution in [0.3, 0.4) is 0 Å². The molecule has 0 heterocycles. The molecule has 44 heavy (non-hydrogen) atoms. The largest absolute Gasteiger partial charge is 0.352 e. The van der Waals surface area contributed by atoms with E-state index in [0.717, 1.165) is 21.0 Å². The number of benzene rings is 4. The van der Waals surface area contributed by atoms with Gasteiger partial charge in [0.05, 0.1) is 10.6 Å². The maximum absolute atomic E-state index is 14.5. The molecule has 0 radical (unpaired) electrons. The quantitative estimate of drug-likeness (QED) is 0.198. The topological polar surface area (TPSA) is 86.8 Å². The molecule has 1 atom stereocenters. The van der Waals surface area contributed by atoms with Gasteiger partial charge in [-0.2, -0.15) is 0 Å². The van der Waals surface area contributed by atoms with E-state index in [1.165, 1.54) is 29.2 Å². The van der Waals surface area contributed by atoms with Gasteiger partial charge in [0.25, 0.3) is 10.0 Å². The van der Waals surface area contributed by atoms with Crippen molar-refractivity contribution in [1.82, 2.24) is 10.2 Å². The van der Waals surface area contributed by atoms with Crippen molar-refractivity contribution >= 4 is 39.1 Å². The highest BCUT2D eigenvalue weighted by molar-refractivity contribution is 7.92. The van der Waals surface area contributed by atoms with E-state index in [2.05, 4.69) is 5.32 Å². The second-order valence-electron chi connectivity index (χ2n) is 11.1. The first-order chi connectivity index (χ1) is 21.0. The fraction of sp³-hybridized carbons (Fsp3) is 0.257. The van der Waals surface area contributed by atoms with Crippen molar-refractivity contribution in [1.29, 1.82) is 0 Å². The second-order valence-corrected chi connectivity index (χ2v) is 13.4. The molecule has 0 spiro atoms. The van der Waals surface area contributed by atoms with Crippen molar-refractivity contribution in [2.45, 2.75) is 57.6 Å². The number of carbonyl (C=O) groups excluding carboxylic acids is 2. The van der Waals surface area contributed by atoms with Crippen LogP contribution in [0.5, 0.6) is 0 Å². The number of carbonyl (C=O) groups is 2. The molecule has 0 bridgehead atoms. The van der Waals surface area contributed by atoms with E-state index in [1.807, 2.05) is 81.4 Å². The first-order valence-electron chi connectivity index (χ1n) is 14.5. The SMILES string of the molecule is Cc1ccccc1CN(C(=O)CN(c1ccccc1C)S(=O)(=O)c1ccc(Cl)cc1)C(Cc1ccccc1)C(=O)NC(C)C. The lowest BCUT2D eigenvalue weighted by atomic mass is 10.0. The number of para-hydroxylation sites is 1. The van der Waals surface area contributed by atoms with Crippen molar-refractivity contribution in [3.8, 4) is 0 Å². The first-order valence-corrected chi connectivity index (χ1v) is 16.3. The molecule has 0 aromatic heterocycles. The zero-order valence-electron chi connectivity index (χ0n) is 25.4. The lowest BCUT2D eigenvalue weighted by Crippen LogP contribution is -2.54. The van der Waals surface area contributed by atoms with Crippen LogP contribution in [0.15, 0.2) is 108 Å². The summed E-state index contributed by atoms with van der Waals surface area (Å²) in [5, 5.41) is 3.37. The predicted octanol–water partition coefficient (Wildman–Crippen LogP) is 6.32. The first kappa shape index (κ1) is 32.8. The van der Waals surface area contributed by atoms with Gasteiger partial charge in [0.1, 0.15) is 12.6 Å². The molecular formula is C35H38ClN3O4S. The minimum Gasteiger partial charge on any atom is -0.352 e. The summed E-state index contributed by atoms with van der Waals surface area (Å²) in [7, 11) is -4.20. The van der Waals surface area contributed by atoms with Crippen LogP contribution >= 0.6 is 11.6 Å². The Labute approximate surface area is 265 Å². The number of hydrogen-bond acceptors (Lipinski definition) is 4. The van der Waals surface area contributed by atoms with Crippen molar-refractivity contribution < 1.29 is 18.0 Å². The van der Waals surface area contributed by atoms with Crippen molar-refractivity contribution in [3.05, 3.63) is 130 Å². The summed E-state index contributed by atoms with van der Waals surface area (Å²) in [6, 6.07) is 29.0. The summed E-state index contributed by atoms with van der Waals surface area (Å²) < 4.78 is 29.4. The molecule has 9 heteroatoms. The molecule has 7 nitrogen and oxygen atoms in total. The Morgan fingerprint density at radius 1 is 0.795 bits per heavy atom. The molecule has 0 saturated heterocycles. The molecule has 0 aliphatic rings. The molecule has 2 amide bonds. The number of rotatable bonds is 12. The molecule has 1 N–H and O–H groups in total. The fourth-order valence-corrected chi connectivity index (χ4v) is 6.60. The van der Waals surface area contributed by atoms with E-state index in [9.17, 15) is 18.0 Å². The van der Waals surface area contributed by atoms with Crippen LogP contribution in [0.4, 0.5) is 5.69 Å². The highest BCUT2D eigenvalue weighted by atomic mass is 35.5. The third-order valence-corrected chi connectivity index (χ3v) is 9.39. The molecule has 230 valence electrons. The van der Waals surface area contributed by atoms with Gasteiger partial charge in [-0.15, -0.1) is 0 Å². The molecular weight excluding hydrogens is 594 g/mol. The maximum Gasteiger partial charge on any atom is 0.264 e. The molecule has 0 aliphatic carbocycles. The number of nitrogens with zero attached hydrogens (tertiary/aromatic N) is 2. The van der Waals surface area contributed by atoms with Crippen molar-refractivity contribution in [2.24, 2.45) is 0 Å². The van der Waals surface area contributed by atoms with E-state index < -0.39 is 28.5 Å². The van der Waals surface area contributed by atoms with Gasteiger partial charge in [0.15, 0.2) is 0 Å². The molecule has 4 aromatic carbocycles. The van der Waals surface area contributed by atoms with Gasteiger partial charge in [-0.3, -0.25) is 13.9 Å². The molecule has 0 fully saturated rings. The number of aryl methyl sites for hydroxylation is 2. The number of amides is 2. The third kappa shape index (κ3) is 8.07. The van der Waals surface area contributed by atoms with Crippen molar-refractivity contribution in [3.63, 3.8) is 0 Å². The Kier molecular flexibility index (Phi) is 10.8. The second kappa shape index (κ2) is 14.6. The number of nitrogens with one attached hydrogen (secondary N) is 1.